The molecule has 2 aromatic heterocycles. The van der Waals surface area contributed by atoms with E-state index in [1.165, 1.54) is 24.1 Å². The second-order valence-corrected chi connectivity index (χ2v) is 7.55. The molecule has 0 spiro atoms. The fourth-order valence-corrected chi connectivity index (χ4v) is 3.77. The molecule has 0 atom stereocenters. The van der Waals surface area contributed by atoms with Gasteiger partial charge in [-0.2, -0.15) is 9.90 Å². The molecule has 0 aliphatic heterocycles. The van der Waals surface area contributed by atoms with Crippen molar-refractivity contribution in [2.45, 2.75) is 51.6 Å². The van der Waals surface area contributed by atoms with E-state index < -0.39 is 0 Å². The highest BCUT2D eigenvalue weighted by molar-refractivity contribution is 6.30. The Balaban J connectivity index is 1.44. The zero-order valence-corrected chi connectivity index (χ0v) is 16.4. The summed E-state index contributed by atoms with van der Waals surface area (Å²) in [5.41, 5.74) is 1.65. The predicted octanol–water partition coefficient (Wildman–Crippen LogP) is 3.64. The van der Waals surface area contributed by atoms with Gasteiger partial charge in [0, 0.05) is 16.7 Å². The Hall–Kier alpha value is -2.74. The molecule has 4 rings (SSSR count). The minimum Gasteiger partial charge on any atom is -0.309 e. The topological polar surface area (TPSA) is 90.5 Å². The number of benzene rings is 1. The number of nitrogens with one attached hydrogen (secondary N) is 1. The van der Waals surface area contributed by atoms with Crippen LogP contribution in [0.4, 0.5) is 5.82 Å². The molecule has 1 aliphatic rings. The van der Waals surface area contributed by atoms with Gasteiger partial charge in [-0.1, -0.05) is 43.0 Å². The van der Waals surface area contributed by atoms with Gasteiger partial charge in [0.05, 0.1) is 11.7 Å². The summed E-state index contributed by atoms with van der Waals surface area (Å²) >= 11 is 6.00. The maximum atomic E-state index is 12.5. The van der Waals surface area contributed by atoms with E-state index in [9.17, 15) is 4.79 Å². The molecule has 0 saturated heterocycles. The first-order valence-corrected chi connectivity index (χ1v) is 9.86. The Morgan fingerprint density at radius 1 is 1.21 bits per heavy atom. The molecule has 8 nitrogen and oxygen atoms in total. The summed E-state index contributed by atoms with van der Waals surface area (Å²) in [5, 5.41) is 20.4. The second kappa shape index (κ2) is 8.10. The minimum absolute atomic E-state index is 0.0253. The van der Waals surface area contributed by atoms with Gasteiger partial charge in [-0.05, 0) is 37.1 Å². The summed E-state index contributed by atoms with van der Waals surface area (Å²) in [4.78, 5) is 13.8. The normalized spacial score (nSPS) is 14.9. The molecule has 1 N–H and O–H groups in total. The molecule has 9 heteroatoms. The fourth-order valence-electron chi connectivity index (χ4n) is 3.58. The van der Waals surface area contributed by atoms with Gasteiger partial charge in [-0.3, -0.25) is 4.79 Å². The highest BCUT2D eigenvalue weighted by Crippen LogP contribution is 2.30. The molecule has 28 heavy (non-hydrogen) atoms. The molecule has 0 radical (unpaired) electrons. The summed E-state index contributed by atoms with van der Waals surface area (Å²) < 4.78 is 1.96. The van der Waals surface area contributed by atoms with Crippen LogP contribution in [0.5, 0.6) is 0 Å². The van der Waals surface area contributed by atoms with Gasteiger partial charge in [0.2, 0.25) is 11.7 Å². The van der Waals surface area contributed by atoms with Crippen LogP contribution in [-0.4, -0.2) is 35.9 Å². The monoisotopic (exact) mass is 399 g/mol. The van der Waals surface area contributed by atoms with Crippen LogP contribution in [0.15, 0.2) is 30.3 Å². The zero-order chi connectivity index (χ0) is 19.5. The summed E-state index contributed by atoms with van der Waals surface area (Å²) in [6.45, 7) is 1.91. The molecule has 1 aliphatic carbocycles. The van der Waals surface area contributed by atoms with Crippen LogP contribution >= 0.6 is 11.6 Å². The van der Waals surface area contributed by atoms with Crippen LogP contribution in [0.1, 0.15) is 43.8 Å². The average Bonchev–Trinajstić information content (AvgIpc) is 3.29. The van der Waals surface area contributed by atoms with Gasteiger partial charge in [0.25, 0.3) is 0 Å². The molecule has 146 valence electrons. The minimum atomic E-state index is -0.216. The van der Waals surface area contributed by atoms with Crippen molar-refractivity contribution in [1.29, 1.82) is 0 Å². The number of rotatable bonds is 5. The molecule has 2 heterocycles. The van der Waals surface area contributed by atoms with Crippen LogP contribution in [-0.2, 0) is 11.3 Å². The van der Waals surface area contributed by atoms with Crippen LogP contribution in [0.2, 0.25) is 5.02 Å². The van der Waals surface area contributed by atoms with E-state index in [0.29, 0.717) is 16.9 Å². The lowest BCUT2D eigenvalue weighted by Gasteiger charge is -2.23. The predicted molar refractivity (Wildman–Crippen MR) is 106 cm³/mol. The fraction of sp³-hybridized carbons (Fsp3) is 0.421. The van der Waals surface area contributed by atoms with Crippen molar-refractivity contribution in [1.82, 2.24) is 30.0 Å². The Morgan fingerprint density at radius 3 is 2.82 bits per heavy atom. The van der Waals surface area contributed by atoms with Crippen LogP contribution in [0.3, 0.4) is 0 Å². The van der Waals surface area contributed by atoms with Gasteiger partial charge in [-0.25, -0.2) is 4.68 Å². The molecular formula is C19H22ClN7O. The first-order chi connectivity index (χ1) is 13.6. The molecule has 1 amide bonds. The van der Waals surface area contributed by atoms with Crippen molar-refractivity contribution in [3.63, 3.8) is 0 Å². The van der Waals surface area contributed by atoms with Gasteiger partial charge < -0.3 is 5.32 Å². The zero-order valence-electron chi connectivity index (χ0n) is 15.7. The molecule has 1 aromatic carbocycles. The number of aromatic nitrogens is 6. The average molecular weight is 400 g/mol. The number of tetrazole rings is 1. The number of amides is 1. The number of hydrogen-bond acceptors (Lipinski definition) is 5. The third kappa shape index (κ3) is 4.22. The van der Waals surface area contributed by atoms with Crippen molar-refractivity contribution in [2.75, 3.05) is 5.32 Å². The van der Waals surface area contributed by atoms with Gasteiger partial charge in [-0.15, -0.1) is 10.2 Å². The second-order valence-electron chi connectivity index (χ2n) is 7.11. The van der Waals surface area contributed by atoms with E-state index in [4.69, 9.17) is 11.6 Å². The Kier molecular flexibility index (Phi) is 5.38. The quantitative estimate of drug-likeness (QED) is 0.707. The summed E-state index contributed by atoms with van der Waals surface area (Å²) in [6, 6.07) is 9.45. The largest absolute Gasteiger partial charge is 0.309 e. The van der Waals surface area contributed by atoms with Crippen LogP contribution < -0.4 is 5.32 Å². The van der Waals surface area contributed by atoms with Crippen LogP contribution in [0, 0.1) is 6.92 Å². The van der Waals surface area contributed by atoms with E-state index >= 15 is 0 Å². The smallest absolute Gasteiger partial charge is 0.249 e. The first kappa shape index (κ1) is 18.6. The molecule has 0 bridgehead atoms. The number of carbonyl (C=O) groups is 1. The van der Waals surface area contributed by atoms with Crippen molar-refractivity contribution < 1.29 is 4.79 Å². The van der Waals surface area contributed by atoms with Crippen molar-refractivity contribution >= 4 is 23.3 Å². The number of hydrogen-bond donors (Lipinski definition) is 1. The maximum Gasteiger partial charge on any atom is 0.249 e. The van der Waals surface area contributed by atoms with E-state index in [1.807, 2.05) is 29.8 Å². The third-order valence-electron chi connectivity index (χ3n) is 4.87. The first-order valence-electron chi connectivity index (χ1n) is 9.48. The van der Waals surface area contributed by atoms with E-state index in [0.717, 1.165) is 29.9 Å². The SMILES string of the molecule is Cc1cc(NC(=O)Cn2nnc(-c3cccc(Cl)c3)n2)n(C2CCCCC2)n1. The van der Waals surface area contributed by atoms with Crippen LogP contribution in [0.25, 0.3) is 11.4 Å². The molecule has 1 fully saturated rings. The third-order valence-corrected chi connectivity index (χ3v) is 5.10. The number of nitrogens with zero attached hydrogens (tertiary/aromatic N) is 6. The Labute approximate surface area is 167 Å². The van der Waals surface area contributed by atoms with Crippen molar-refractivity contribution in [2.24, 2.45) is 0 Å². The van der Waals surface area contributed by atoms with Gasteiger partial charge in [0.1, 0.15) is 12.4 Å². The number of halogens is 1. The lowest BCUT2D eigenvalue weighted by molar-refractivity contribution is -0.117. The Bertz CT molecular complexity index is 974. The highest BCUT2D eigenvalue weighted by atomic mass is 35.5. The summed E-state index contributed by atoms with van der Waals surface area (Å²) in [6.07, 6.45) is 5.86. The molecule has 3 aromatic rings. The van der Waals surface area contributed by atoms with E-state index in [1.54, 1.807) is 12.1 Å². The molecule has 1 saturated carbocycles. The number of carbonyl (C=O) groups excluding carboxylic acids is 1. The molecule has 0 unspecified atom stereocenters. The van der Waals surface area contributed by atoms with E-state index in [-0.39, 0.29) is 12.5 Å². The summed E-state index contributed by atoms with van der Waals surface area (Å²) in [7, 11) is 0. The lowest BCUT2D eigenvalue weighted by atomic mass is 9.96. The van der Waals surface area contributed by atoms with Gasteiger partial charge >= 0.3 is 0 Å². The van der Waals surface area contributed by atoms with Crippen molar-refractivity contribution in [3.8, 4) is 11.4 Å². The van der Waals surface area contributed by atoms with Gasteiger partial charge in [0.15, 0.2) is 0 Å². The maximum absolute atomic E-state index is 12.5. The highest BCUT2D eigenvalue weighted by Gasteiger charge is 2.20. The van der Waals surface area contributed by atoms with E-state index in [2.05, 4.69) is 25.8 Å². The van der Waals surface area contributed by atoms with Crippen molar-refractivity contribution in [3.05, 3.63) is 41.0 Å². The summed E-state index contributed by atoms with van der Waals surface area (Å²) in [5.74, 6) is 0.940. The lowest BCUT2D eigenvalue weighted by Crippen LogP contribution is -2.24. The molecular weight excluding hydrogens is 378 g/mol. The Morgan fingerprint density at radius 2 is 2.04 bits per heavy atom. The number of aryl methyl sites for hydroxylation is 1. The number of anilines is 1. The standard InChI is InChI=1S/C19H22ClN7O/c1-13-10-17(27(23-13)16-8-3-2-4-9-16)21-18(28)12-26-24-19(22-25-26)14-6-5-7-15(20)11-14/h5-7,10-11,16H,2-4,8-9,12H2,1H3,(H,21,28).